The van der Waals surface area contributed by atoms with Crippen molar-refractivity contribution in [2.24, 2.45) is 5.73 Å². The summed E-state index contributed by atoms with van der Waals surface area (Å²) in [6.07, 6.45) is -0.261. The molecule has 0 spiro atoms. The monoisotopic (exact) mass is 193 g/mol. The Morgan fingerprint density at radius 1 is 1.36 bits per heavy atom. The Hall–Kier alpha value is -1.19. The van der Waals surface area contributed by atoms with E-state index in [4.69, 9.17) is 10.5 Å². The Labute approximate surface area is 83.9 Å². The van der Waals surface area contributed by atoms with Gasteiger partial charge in [-0.2, -0.15) is 0 Å². The number of benzene rings is 1. The van der Waals surface area contributed by atoms with Gasteiger partial charge in [-0.1, -0.05) is 30.3 Å². The van der Waals surface area contributed by atoms with E-state index in [2.05, 4.69) is 0 Å². The van der Waals surface area contributed by atoms with Gasteiger partial charge in [-0.3, -0.25) is 4.79 Å². The Morgan fingerprint density at radius 3 is 2.43 bits per heavy atom. The molecule has 2 N–H and O–H groups in total. The van der Waals surface area contributed by atoms with Crippen LogP contribution in [0.4, 0.5) is 0 Å². The Balaban J connectivity index is 2.76. The predicted octanol–water partition coefficient (Wildman–Crippen LogP) is 1.23. The van der Waals surface area contributed by atoms with E-state index in [0.717, 1.165) is 0 Å². The maximum Gasteiger partial charge on any atom is 0.182 e. The minimum absolute atomic E-state index is 0.0834. The fourth-order valence-electron chi connectivity index (χ4n) is 1.15. The van der Waals surface area contributed by atoms with Crippen molar-refractivity contribution in [1.82, 2.24) is 0 Å². The number of hydrogen-bond acceptors (Lipinski definition) is 3. The molecule has 76 valence electrons. The first kappa shape index (κ1) is 10.9. The van der Waals surface area contributed by atoms with Crippen molar-refractivity contribution >= 4 is 5.78 Å². The van der Waals surface area contributed by atoms with E-state index in [1.807, 2.05) is 18.2 Å². The molecule has 0 radical (unpaired) electrons. The number of carbonyl (C=O) groups is 1. The quantitative estimate of drug-likeness (QED) is 0.732. The first-order valence-electron chi connectivity index (χ1n) is 4.54. The fourth-order valence-corrected chi connectivity index (χ4v) is 1.15. The molecule has 0 heterocycles. The second-order valence-corrected chi connectivity index (χ2v) is 3.20. The third-order valence-electron chi connectivity index (χ3n) is 2.24. The van der Waals surface area contributed by atoms with Gasteiger partial charge in [-0.15, -0.1) is 0 Å². The summed E-state index contributed by atoms with van der Waals surface area (Å²) in [6, 6.07) is 8.41. The van der Waals surface area contributed by atoms with Crippen LogP contribution in [-0.2, 0) is 4.74 Å². The van der Waals surface area contributed by atoms with Crippen molar-refractivity contribution in [2.45, 2.75) is 19.1 Å². The van der Waals surface area contributed by atoms with Crippen molar-refractivity contribution in [2.75, 3.05) is 7.11 Å². The SMILES string of the molecule is CO[C@H](C)[C@H](N)C(=O)c1ccccc1. The Kier molecular flexibility index (Phi) is 3.80. The van der Waals surface area contributed by atoms with E-state index in [9.17, 15) is 4.79 Å². The third kappa shape index (κ3) is 2.40. The number of hydrogen-bond donors (Lipinski definition) is 1. The molecule has 0 bridgehead atoms. The number of rotatable bonds is 4. The molecule has 3 nitrogen and oxygen atoms in total. The summed E-state index contributed by atoms with van der Waals surface area (Å²) in [7, 11) is 1.54. The van der Waals surface area contributed by atoms with E-state index in [1.165, 1.54) is 0 Å². The lowest BCUT2D eigenvalue weighted by molar-refractivity contribution is 0.0705. The van der Waals surface area contributed by atoms with Crippen LogP contribution in [0.1, 0.15) is 17.3 Å². The van der Waals surface area contributed by atoms with E-state index in [1.54, 1.807) is 26.2 Å². The maximum atomic E-state index is 11.7. The molecule has 0 fully saturated rings. The molecule has 0 amide bonds. The van der Waals surface area contributed by atoms with Crippen LogP contribution in [0.3, 0.4) is 0 Å². The molecule has 3 heteroatoms. The second-order valence-electron chi connectivity index (χ2n) is 3.20. The average Bonchev–Trinajstić information content (AvgIpc) is 2.27. The zero-order chi connectivity index (χ0) is 10.6. The molecule has 0 aliphatic heterocycles. The van der Waals surface area contributed by atoms with Gasteiger partial charge in [0.15, 0.2) is 5.78 Å². The van der Waals surface area contributed by atoms with Crippen LogP contribution in [0, 0.1) is 0 Å². The number of carbonyl (C=O) groups excluding carboxylic acids is 1. The number of methoxy groups -OCH3 is 1. The zero-order valence-corrected chi connectivity index (χ0v) is 8.44. The molecular formula is C11H15NO2. The average molecular weight is 193 g/mol. The molecule has 1 aromatic rings. The summed E-state index contributed by atoms with van der Waals surface area (Å²) in [6.45, 7) is 1.78. The van der Waals surface area contributed by atoms with Crippen molar-refractivity contribution in [3.63, 3.8) is 0 Å². The Morgan fingerprint density at radius 2 is 1.93 bits per heavy atom. The number of ether oxygens (including phenoxy) is 1. The maximum absolute atomic E-state index is 11.7. The van der Waals surface area contributed by atoms with E-state index in [-0.39, 0.29) is 11.9 Å². The van der Waals surface area contributed by atoms with Gasteiger partial charge in [0.1, 0.15) is 0 Å². The summed E-state index contributed by atoms with van der Waals surface area (Å²) in [5.74, 6) is -0.0834. The summed E-state index contributed by atoms with van der Waals surface area (Å²) in [4.78, 5) is 11.7. The lowest BCUT2D eigenvalue weighted by Gasteiger charge is -2.16. The van der Waals surface area contributed by atoms with Crippen LogP contribution in [0.2, 0.25) is 0 Å². The minimum Gasteiger partial charge on any atom is -0.380 e. The lowest BCUT2D eigenvalue weighted by Crippen LogP contribution is -2.41. The molecular weight excluding hydrogens is 178 g/mol. The summed E-state index contributed by atoms with van der Waals surface area (Å²) in [5, 5.41) is 0. The third-order valence-corrected chi connectivity index (χ3v) is 2.24. The molecule has 1 rings (SSSR count). The molecule has 0 unspecified atom stereocenters. The molecule has 1 aromatic carbocycles. The van der Waals surface area contributed by atoms with E-state index >= 15 is 0 Å². The Bertz CT molecular complexity index is 297. The fraction of sp³-hybridized carbons (Fsp3) is 0.364. The topological polar surface area (TPSA) is 52.3 Å². The van der Waals surface area contributed by atoms with Crippen LogP contribution in [0.25, 0.3) is 0 Å². The highest BCUT2D eigenvalue weighted by molar-refractivity contribution is 6.00. The predicted molar refractivity (Wildman–Crippen MR) is 55.2 cm³/mol. The lowest BCUT2D eigenvalue weighted by atomic mass is 10.0. The largest absolute Gasteiger partial charge is 0.380 e. The van der Waals surface area contributed by atoms with Gasteiger partial charge in [-0.05, 0) is 6.92 Å². The zero-order valence-electron chi connectivity index (χ0n) is 8.44. The molecule has 2 atom stereocenters. The van der Waals surface area contributed by atoms with E-state index in [0.29, 0.717) is 5.56 Å². The van der Waals surface area contributed by atoms with Gasteiger partial charge in [0.2, 0.25) is 0 Å². The molecule has 14 heavy (non-hydrogen) atoms. The van der Waals surface area contributed by atoms with Crippen LogP contribution in [0.5, 0.6) is 0 Å². The summed E-state index contributed by atoms with van der Waals surface area (Å²) >= 11 is 0. The second kappa shape index (κ2) is 4.88. The molecule has 0 saturated heterocycles. The van der Waals surface area contributed by atoms with Crippen molar-refractivity contribution in [3.05, 3.63) is 35.9 Å². The van der Waals surface area contributed by atoms with Gasteiger partial charge in [0.25, 0.3) is 0 Å². The van der Waals surface area contributed by atoms with Crippen LogP contribution >= 0.6 is 0 Å². The van der Waals surface area contributed by atoms with E-state index < -0.39 is 6.04 Å². The smallest absolute Gasteiger partial charge is 0.182 e. The summed E-state index contributed by atoms with van der Waals surface area (Å²) < 4.78 is 5.01. The molecule has 0 aliphatic carbocycles. The molecule has 0 saturated carbocycles. The molecule has 0 aromatic heterocycles. The molecule has 0 aliphatic rings. The number of nitrogens with two attached hydrogens (primary N) is 1. The van der Waals surface area contributed by atoms with Crippen molar-refractivity contribution < 1.29 is 9.53 Å². The standard InChI is InChI=1S/C11H15NO2/c1-8(14-2)10(12)11(13)9-6-4-3-5-7-9/h3-8,10H,12H2,1-2H3/t8-,10+/m1/s1. The summed E-state index contributed by atoms with van der Waals surface area (Å²) in [5.41, 5.74) is 6.36. The van der Waals surface area contributed by atoms with Gasteiger partial charge < -0.3 is 10.5 Å². The van der Waals surface area contributed by atoms with Crippen molar-refractivity contribution in [3.8, 4) is 0 Å². The minimum atomic E-state index is -0.595. The van der Waals surface area contributed by atoms with Crippen LogP contribution in [0.15, 0.2) is 30.3 Å². The highest BCUT2D eigenvalue weighted by Gasteiger charge is 2.21. The first-order valence-corrected chi connectivity index (χ1v) is 4.54. The van der Waals surface area contributed by atoms with Gasteiger partial charge in [0.05, 0.1) is 12.1 Å². The number of Topliss-reactive ketones (excluding diaryl/α,β-unsaturated/α-hetero) is 1. The highest BCUT2D eigenvalue weighted by Crippen LogP contribution is 2.06. The number of ketones is 1. The van der Waals surface area contributed by atoms with Crippen LogP contribution in [-0.4, -0.2) is 25.0 Å². The van der Waals surface area contributed by atoms with Gasteiger partial charge >= 0.3 is 0 Å². The van der Waals surface area contributed by atoms with Gasteiger partial charge in [0, 0.05) is 12.7 Å². The highest BCUT2D eigenvalue weighted by atomic mass is 16.5. The van der Waals surface area contributed by atoms with Crippen LogP contribution < -0.4 is 5.73 Å². The first-order chi connectivity index (χ1) is 6.66. The normalized spacial score (nSPS) is 14.8. The van der Waals surface area contributed by atoms with Gasteiger partial charge in [-0.25, -0.2) is 0 Å². The van der Waals surface area contributed by atoms with Crippen molar-refractivity contribution in [1.29, 1.82) is 0 Å².